The van der Waals surface area contributed by atoms with E-state index in [1.54, 1.807) is 14.0 Å². The molecule has 0 bridgehead atoms. The molecule has 7 heteroatoms. The maximum absolute atomic E-state index is 13.3. The van der Waals surface area contributed by atoms with Gasteiger partial charge in [-0.3, -0.25) is 9.00 Å². The smallest absolute Gasteiger partial charge is 0.235 e. The highest BCUT2D eigenvalue weighted by Crippen LogP contribution is 2.21. The Kier molecular flexibility index (Phi) is 8.05. The average molecular weight is 331 g/mol. The largest absolute Gasteiger partial charge is 0.496 e. The Bertz CT molecular complexity index is 524. The number of carbonyl (C=O) groups is 1. The summed E-state index contributed by atoms with van der Waals surface area (Å²) in [4.78, 5) is 11.9. The summed E-state index contributed by atoms with van der Waals surface area (Å²) >= 11 is 0. The number of hydrogen-bond acceptors (Lipinski definition) is 4. The molecule has 1 rings (SSSR count). The lowest BCUT2D eigenvalue weighted by molar-refractivity contribution is -0.120. The molecule has 124 valence electrons. The molecule has 0 spiro atoms. The minimum Gasteiger partial charge on any atom is -0.496 e. The van der Waals surface area contributed by atoms with E-state index in [0.29, 0.717) is 30.9 Å². The lowest BCUT2D eigenvalue weighted by atomic mass is 10.2. The molecule has 1 aromatic rings. The molecule has 0 heterocycles. The maximum Gasteiger partial charge on any atom is 0.235 e. The number of hydrogen-bond donors (Lipinski definition) is 1. The molecular weight excluding hydrogens is 309 g/mol. The quantitative estimate of drug-likeness (QED) is 0.699. The zero-order valence-corrected chi connectivity index (χ0v) is 13.9. The standard InChI is InChI=1S/C15H22FNO4S/c1-11(15(18)17-7-4-8-20-2)22(19)10-12-9-13(16)5-6-14(12)21-3/h5-6,9,11H,4,7-8,10H2,1-3H3,(H,17,18)/t11-,22+/m1/s1. The molecule has 0 aliphatic rings. The molecule has 0 saturated carbocycles. The molecular formula is C15H22FNO4S. The summed E-state index contributed by atoms with van der Waals surface area (Å²) in [6.45, 7) is 2.61. The van der Waals surface area contributed by atoms with Gasteiger partial charge in [0.15, 0.2) is 0 Å². The molecule has 0 unspecified atom stereocenters. The first-order chi connectivity index (χ1) is 10.5. The Hall–Kier alpha value is -1.47. The van der Waals surface area contributed by atoms with Crippen LogP contribution >= 0.6 is 0 Å². The molecule has 2 atom stereocenters. The number of methoxy groups -OCH3 is 2. The SMILES string of the molecule is COCCCNC(=O)[C@@H](C)[S@@](=O)Cc1cc(F)ccc1OC. The number of halogens is 1. The summed E-state index contributed by atoms with van der Waals surface area (Å²) in [5.41, 5.74) is 0.486. The molecule has 1 aromatic carbocycles. The van der Waals surface area contributed by atoms with Crippen LogP contribution in [0.3, 0.4) is 0 Å². The van der Waals surface area contributed by atoms with E-state index in [1.165, 1.54) is 25.3 Å². The summed E-state index contributed by atoms with van der Waals surface area (Å²) in [6.07, 6.45) is 0.694. The van der Waals surface area contributed by atoms with Crippen molar-refractivity contribution >= 4 is 16.7 Å². The van der Waals surface area contributed by atoms with Gasteiger partial charge in [0.05, 0.1) is 12.9 Å². The van der Waals surface area contributed by atoms with Gasteiger partial charge < -0.3 is 14.8 Å². The first kappa shape index (κ1) is 18.6. The Balaban J connectivity index is 2.60. The number of ether oxygens (including phenoxy) is 2. The molecule has 0 radical (unpaired) electrons. The second-order valence-electron chi connectivity index (χ2n) is 4.76. The lowest BCUT2D eigenvalue weighted by Gasteiger charge is -2.13. The van der Waals surface area contributed by atoms with Crippen molar-refractivity contribution in [2.45, 2.75) is 24.3 Å². The van der Waals surface area contributed by atoms with Gasteiger partial charge in [-0.25, -0.2) is 4.39 Å². The number of nitrogens with one attached hydrogen (secondary N) is 1. The molecule has 0 fully saturated rings. The van der Waals surface area contributed by atoms with Gasteiger partial charge in [-0.05, 0) is 31.5 Å². The van der Waals surface area contributed by atoms with E-state index in [-0.39, 0.29) is 11.7 Å². The van der Waals surface area contributed by atoms with Crippen LogP contribution in [-0.4, -0.2) is 42.7 Å². The molecule has 0 saturated heterocycles. The number of carbonyl (C=O) groups excluding carboxylic acids is 1. The summed E-state index contributed by atoms with van der Waals surface area (Å²) in [6, 6.07) is 4.04. The van der Waals surface area contributed by atoms with Crippen LogP contribution < -0.4 is 10.1 Å². The molecule has 22 heavy (non-hydrogen) atoms. The summed E-state index contributed by atoms with van der Waals surface area (Å²) in [5.74, 6) is -0.190. The molecule has 1 N–H and O–H groups in total. The third kappa shape index (κ3) is 5.73. The van der Waals surface area contributed by atoms with Crippen molar-refractivity contribution in [1.29, 1.82) is 0 Å². The van der Waals surface area contributed by atoms with Crippen LogP contribution in [0.4, 0.5) is 4.39 Å². The fourth-order valence-electron chi connectivity index (χ4n) is 1.83. The lowest BCUT2D eigenvalue weighted by Crippen LogP contribution is -2.36. The van der Waals surface area contributed by atoms with E-state index in [9.17, 15) is 13.4 Å². The Morgan fingerprint density at radius 2 is 2.14 bits per heavy atom. The highest BCUT2D eigenvalue weighted by Gasteiger charge is 2.21. The minimum atomic E-state index is -1.46. The second-order valence-corrected chi connectivity index (χ2v) is 6.52. The molecule has 0 aliphatic carbocycles. The number of amides is 1. The van der Waals surface area contributed by atoms with Crippen molar-refractivity contribution in [3.63, 3.8) is 0 Å². The van der Waals surface area contributed by atoms with E-state index < -0.39 is 21.9 Å². The van der Waals surface area contributed by atoms with Gasteiger partial charge in [-0.2, -0.15) is 0 Å². The van der Waals surface area contributed by atoms with Crippen molar-refractivity contribution < 1.29 is 22.9 Å². The monoisotopic (exact) mass is 331 g/mol. The molecule has 0 aliphatic heterocycles. The van der Waals surface area contributed by atoms with Gasteiger partial charge >= 0.3 is 0 Å². The van der Waals surface area contributed by atoms with Crippen molar-refractivity contribution in [3.8, 4) is 5.75 Å². The van der Waals surface area contributed by atoms with Crippen LogP contribution in [0.15, 0.2) is 18.2 Å². The van der Waals surface area contributed by atoms with Crippen molar-refractivity contribution in [2.24, 2.45) is 0 Å². The Labute approximate surface area is 132 Å². The molecule has 0 aromatic heterocycles. The summed E-state index contributed by atoms with van der Waals surface area (Å²) < 4.78 is 35.6. The summed E-state index contributed by atoms with van der Waals surface area (Å²) in [5, 5.41) is 2.02. The van der Waals surface area contributed by atoms with Crippen LogP contribution in [-0.2, 0) is 26.1 Å². The highest BCUT2D eigenvalue weighted by molar-refractivity contribution is 7.85. The van der Waals surface area contributed by atoms with Crippen molar-refractivity contribution in [2.75, 3.05) is 27.4 Å². The first-order valence-electron chi connectivity index (χ1n) is 6.95. The number of benzene rings is 1. The fraction of sp³-hybridized carbons (Fsp3) is 0.533. The molecule has 5 nitrogen and oxygen atoms in total. The van der Waals surface area contributed by atoms with Crippen molar-refractivity contribution in [3.05, 3.63) is 29.6 Å². The third-order valence-electron chi connectivity index (χ3n) is 3.13. The van der Waals surface area contributed by atoms with Crippen molar-refractivity contribution in [1.82, 2.24) is 5.32 Å². The summed E-state index contributed by atoms with van der Waals surface area (Å²) in [7, 11) is 1.59. The van der Waals surface area contributed by atoms with E-state index >= 15 is 0 Å². The normalized spacial score (nSPS) is 13.5. The Morgan fingerprint density at radius 3 is 2.77 bits per heavy atom. The first-order valence-corrected chi connectivity index (χ1v) is 8.34. The van der Waals surface area contributed by atoms with E-state index in [2.05, 4.69) is 5.32 Å². The Morgan fingerprint density at radius 1 is 1.41 bits per heavy atom. The maximum atomic E-state index is 13.3. The van der Waals surface area contributed by atoms with E-state index in [0.717, 1.165) is 0 Å². The van der Waals surface area contributed by atoms with Crippen LogP contribution in [0, 0.1) is 5.82 Å². The zero-order chi connectivity index (χ0) is 16.5. The van der Waals surface area contributed by atoms with Crippen LogP contribution in [0.25, 0.3) is 0 Å². The topological polar surface area (TPSA) is 64.6 Å². The molecule has 1 amide bonds. The predicted octanol–water partition coefficient (Wildman–Crippen LogP) is 1.62. The van der Waals surface area contributed by atoms with E-state index in [1.807, 2.05) is 0 Å². The van der Waals surface area contributed by atoms with Gasteiger partial charge in [0.1, 0.15) is 16.8 Å². The fourth-order valence-corrected chi connectivity index (χ4v) is 2.93. The highest BCUT2D eigenvalue weighted by atomic mass is 32.2. The van der Waals surface area contributed by atoms with Gasteiger partial charge in [0, 0.05) is 36.6 Å². The van der Waals surface area contributed by atoms with E-state index in [4.69, 9.17) is 9.47 Å². The van der Waals surface area contributed by atoms with Gasteiger partial charge in [0.25, 0.3) is 0 Å². The van der Waals surface area contributed by atoms with Crippen LogP contribution in [0.5, 0.6) is 5.75 Å². The number of rotatable bonds is 9. The van der Waals surface area contributed by atoms with Gasteiger partial charge in [-0.1, -0.05) is 0 Å². The van der Waals surface area contributed by atoms with Crippen LogP contribution in [0.1, 0.15) is 18.9 Å². The van der Waals surface area contributed by atoms with Crippen LogP contribution in [0.2, 0.25) is 0 Å². The zero-order valence-electron chi connectivity index (χ0n) is 13.1. The second kappa shape index (κ2) is 9.53. The average Bonchev–Trinajstić information content (AvgIpc) is 2.50. The third-order valence-corrected chi connectivity index (χ3v) is 4.73. The minimum absolute atomic E-state index is 0.0631. The van der Waals surface area contributed by atoms with Gasteiger partial charge in [-0.15, -0.1) is 0 Å². The predicted molar refractivity (Wildman–Crippen MR) is 83.8 cm³/mol. The van der Waals surface area contributed by atoms with Gasteiger partial charge in [0.2, 0.25) is 5.91 Å².